The van der Waals surface area contributed by atoms with Crippen LogP contribution < -0.4 is 10.1 Å². The summed E-state index contributed by atoms with van der Waals surface area (Å²) in [6, 6.07) is 8.71. The highest BCUT2D eigenvalue weighted by molar-refractivity contribution is 5.37. The van der Waals surface area contributed by atoms with Crippen LogP contribution in [-0.4, -0.2) is 29.9 Å². The monoisotopic (exact) mass is 219 g/mol. The summed E-state index contributed by atoms with van der Waals surface area (Å²) in [4.78, 5) is 0. The number of aliphatic hydroxyl groups excluding tert-OH is 1. The van der Waals surface area contributed by atoms with Crippen molar-refractivity contribution in [2.24, 2.45) is 0 Å². The lowest BCUT2D eigenvalue weighted by molar-refractivity contribution is 0.0581. The SMILES string of the molecule is OC1CC(NCC2Cc3ccccc3O2)C1. The Balaban J connectivity index is 1.49. The number of aliphatic hydroxyl groups is 1. The van der Waals surface area contributed by atoms with E-state index in [1.54, 1.807) is 0 Å². The molecule has 0 spiro atoms. The van der Waals surface area contributed by atoms with E-state index in [-0.39, 0.29) is 12.2 Å². The van der Waals surface area contributed by atoms with Crippen LogP contribution in [-0.2, 0) is 6.42 Å². The van der Waals surface area contributed by atoms with Crippen molar-refractivity contribution in [3.8, 4) is 5.75 Å². The number of fused-ring (bicyclic) bond motifs is 1. The summed E-state index contributed by atoms with van der Waals surface area (Å²) in [5.74, 6) is 1.03. The number of hydrogen-bond acceptors (Lipinski definition) is 3. The Bertz CT molecular complexity index is 349. The largest absolute Gasteiger partial charge is 0.488 e. The lowest BCUT2D eigenvalue weighted by atomic mass is 9.89. The van der Waals surface area contributed by atoms with Crippen molar-refractivity contribution in [3.63, 3.8) is 0 Å². The molecule has 1 atom stereocenters. The van der Waals surface area contributed by atoms with Crippen molar-refractivity contribution in [3.05, 3.63) is 29.8 Å². The number of benzene rings is 1. The Morgan fingerprint density at radius 3 is 2.88 bits per heavy atom. The molecule has 0 radical (unpaired) electrons. The molecule has 0 aromatic heterocycles. The predicted molar refractivity (Wildman–Crippen MR) is 61.6 cm³/mol. The number of rotatable bonds is 3. The lowest BCUT2D eigenvalue weighted by Gasteiger charge is -2.32. The molecule has 3 heteroatoms. The zero-order valence-electron chi connectivity index (χ0n) is 9.23. The van der Waals surface area contributed by atoms with Crippen LogP contribution in [0.25, 0.3) is 0 Å². The minimum absolute atomic E-state index is 0.0841. The molecular weight excluding hydrogens is 202 g/mol. The van der Waals surface area contributed by atoms with Gasteiger partial charge in [0.15, 0.2) is 0 Å². The molecule has 3 nitrogen and oxygen atoms in total. The third-order valence-corrected chi connectivity index (χ3v) is 3.46. The van der Waals surface area contributed by atoms with Crippen molar-refractivity contribution >= 4 is 0 Å². The highest BCUT2D eigenvalue weighted by Crippen LogP contribution is 2.28. The van der Waals surface area contributed by atoms with Gasteiger partial charge in [-0.25, -0.2) is 0 Å². The summed E-state index contributed by atoms with van der Waals surface area (Å²) in [5, 5.41) is 12.6. The van der Waals surface area contributed by atoms with Gasteiger partial charge in [0.1, 0.15) is 11.9 Å². The van der Waals surface area contributed by atoms with E-state index in [2.05, 4.69) is 17.4 Å². The molecule has 1 saturated carbocycles. The topological polar surface area (TPSA) is 41.5 Å². The van der Waals surface area contributed by atoms with Crippen molar-refractivity contribution in [2.75, 3.05) is 6.54 Å². The standard InChI is InChI=1S/C13H17NO2/c15-11-6-10(7-11)14-8-12-5-9-3-1-2-4-13(9)16-12/h1-4,10-12,14-15H,5-8H2. The zero-order valence-corrected chi connectivity index (χ0v) is 9.23. The molecule has 1 aromatic rings. The highest BCUT2D eigenvalue weighted by atomic mass is 16.5. The summed E-state index contributed by atoms with van der Waals surface area (Å²) in [5.41, 5.74) is 1.31. The van der Waals surface area contributed by atoms with Gasteiger partial charge in [0.2, 0.25) is 0 Å². The van der Waals surface area contributed by atoms with Crippen molar-refractivity contribution in [1.29, 1.82) is 0 Å². The fourth-order valence-electron chi connectivity index (χ4n) is 2.42. The minimum atomic E-state index is -0.0841. The molecule has 1 aromatic carbocycles. The molecule has 16 heavy (non-hydrogen) atoms. The molecule has 1 unspecified atom stereocenters. The second kappa shape index (κ2) is 4.07. The van der Waals surface area contributed by atoms with Gasteiger partial charge in [0.25, 0.3) is 0 Å². The van der Waals surface area contributed by atoms with E-state index in [4.69, 9.17) is 4.74 Å². The lowest BCUT2D eigenvalue weighted by Crippen LogP contribution is -2.47. The van der Waals surface area contributed by atoms with Gasteiger partial charge in [-0.3, -0.25) is 0 Å². The molecule has 1 fully saturated rings. The first-order chi connectivity index (χ1) is 7.81. The summed E-state index contributed by atoms with van der Waals surface area (Å²) in [6.07, 6.45) is 2.95. The molecule has 0 amide bonds. The van der Waals surface area contributed by atoms with Crippen molar-refractivity contribution in [2.45, 2.75) is 37.5 Å². The fraction of sp³-hybridized carbons (Fsp3) is 0.538. The number of hydrogen-bond donors (Lipinski definition) is 2. The molecule has 3 rings (SSSR count). The third-order valence-electron chi connectivity index (χ3n) is 3.46. The predicted octanol–water partition coefficient (Wildman–Crippen LogP) is 1.10. The van der Waals surface area contributed by atoms with E-state index < -0.39 is 0 Å². The van der Waals surface area contributed by atoms with E-state index in [1.165, 1.54) is 5.56 Å². The summed E-state index contributed by atoms with van der Waals surface area (Å²) >= 11 is 0. The molecule has 0 saturated heterocycles. The van der Waals surface area contributed by atoms with Gasteiger partial charge in [-0.15, -0.1) is 0 Å². The van der Waals surface area contributed by atoms with Gasteiger partial charge < -0.3 is 15.2 Å². The average Bonchev–Trinajstić information content (AvgIpc) is 2.65. The molecule has 2 N–H and O–H groups in total. The van der Waals surface area contributed by atoms with E-state index >= 15 is 0 Å². The van der Waals surface area contributed by atoms with Crippen molar-refractivity contribution in [1.82, 2.24) is 5.32 Å². The quantitative estimate of drug-likeness (QED) is 0.800. The van der Waals surface area contributed by atoms with Gasteiger partial charge in [0.05, 0.1) is 6.10 Å². The Hall–Kier alpha value is -1.06. The van der Waals surface area contributed by atoms with Crippen LogP contribution >= 0.6 is 0 Å². The second-order valence-electron chi connectivity index (χ2n) is 4.78. The molecule has 0 bridgehead atoms. The number of para-hydroxylation sites is 1. The molecule has 1 aliphatic heterocycles. The van der Waals surface area contributed by atoms with Crippen LogP contribution in [0.5, 0.6) is 5.75 Å². The summed E-state index contributed by atoms with van der Waals surface area (Å²) in [7, 11) is 0. The van der Waals surface area contributed by atoms with E-state index in [9.17, 15) is 5.11 Å². The normalized spacial score (nSPS) is 31.7. The smallest absolute Gasteiger partial charge is 0.123 e. The average molecular weight is 219 g/mol. The highest BCUT2D eigenvalue weighted by Gasteiger charge is 2.29. The molecule has 1 aliphatic carbocycles. The van der Waals surface area contributed by atoms with Gasteiger partial charge in [-0.1, -0.05) is 18.2 Å². The van der Waals surface area contributed by atoms with Gasteiger partial charge in [-0.2, -0.15) is 0 Å². The number of ether oxygens (including phenoxy) is 1. The van der Waals surface area contributed by atoms with Gasteiger partial charge in [0, 0.05) is 19.0 Å². The van der Waals surface area contributed by atoms with E-state index in [1.807, 2.05) is 12.1 Å². The van der Waals surface area contributed by atoms with Crippen LogP contribution in [0.1, 0.15) is 18.4 Å². The maximum atomic E-state index is 9.18. The molecule has 1 heterocycles. The summed E-state index contributed by atoms with van der Waals surface area (Å²) in [6.45, 7) is 0.881. The maximum Gasteiger partial charge on any atom is 0.123 e. The van der Waals surface area contributed by atoms with Crippen molar-refractivity contribution < 1.29 is 9.84 Å². The molecule has 86 valence electrons. The Morgan fingerprint density at radius 2 is 2.12 bits per heavy atom. The maximum absolute atomic E-state index is 9.18. The second-order valence-corrected chi connectivity index (χ2v) is 4.78. The third kappa shape index (κ3) is 1.93. The van der Waals surface area contributed by atoms with Crippen LogP contribution in [0.15, 0.2) is 24.3 Å². The fourth-order valence-corrected chi connectivity index (χ4v) is 2.42. The Morgan fingerprint density at radius 1 is 1.31 bits per heavy atom. The van der Waals surface area contributed by atoms with E-state index in [0.29, 0.717) is 6.04 Å². The molecule has 2 aliphatic rings. The number of nitrogens with one attached hydrogen (secondary N) is 1. The van der Waals surface area contributed by atoms with Gasteiger partial charge in [-0.05, 0) is 24.5 Å². The Labute approximate surface area is 95.4 Å². The van der Waals surface area contributed by atoms with Crippen LogP contribution in [0.2, 0.25) is 0 Å². The van der Waals surface area contributed by atoms with Gasteiger partial charge >= 0.3 is 0 Å². The first-order valence-corrected chi connectivity index (χ1v) is 5.97. The van der Waals surface area contributed by atoms with Crippen LogP contribution in [0.4, 0.5) is 0 Å². The first kappa shape index (κ1) is 10.1. The summed E-state index contributed by atoms with van der Waals surface area (Å²) < 4.78 is 5.83. The minimum Gasteiger partial charge on any atom is -0.488 e. The van der Waals surface area contributed by atoms with Crippen LogP contribution in [0.3, 0.4) is 0 Å². The van der Waals surface area contributed by atoms with Crippen LogP contribution in [0, 0.1) is 0 Å². The Kier molecular flexibility index (Phi) is 2.58. The first-order valence-electron chi connectivity index (χ1n) is 5.97. The zero-order chi connectivity index (χ0) is 11.0. The van der Waals surface area contributed by atoms with E-state index in [0.717, 1.165) is 31.6 Å². The molecular formula is C13H17NO2.